The van der Waals surface area contributed by atoms with Crippen molar-refractivity contribution >= 4 is 37.5 Å². The zero-order valence-electron chi connectivity index (χ0n) is 37.8. The van der Waals surface area contributed by atoms with Gasteiger partial charge in [0.1, 0.15) is 11.6 Å². The fourth-order valence-corrected chi connectivity index (χ4v) is 9.45. The number of carbonyl (C=O) groups excluding carboxylic acids is 1. The van der Waals surface area contributed by atoms with Crippen LogP contribution < -0.4 is 20.9 Å². The van der Waals surface area contributed by atoms with E-state index in [1.807, 2.05) is 68.7 Å². The van der Waals surface area contributed by atoms with Gasteiger partial charge in [-0.05, 0) is 127 Å². The number of rotatable bonds is 12. The zero-order valence-corrected chi connectivity index (χ0v) is 39.5. The summed E-state index contributed by atoms with van der Waals surface area (Å²) in [7, 11) is -0.376. The first kappa shape index (κ1) is 49.3. The number of nitrogens with zero attached hydrogens (tertiary/aromatic N) is 8. The highest BCUT2D eigenvalue weighted by Crippen LogP contribution is 2.39. The van der Waals surface area contributed by atoms with Crippen molar-refractivity contribution in [3.05, 3.63) is 119 Å². The SMILES string of the molecule is CCn1nc(S(=O)(=O)NC(=O)Nc2c(-c3cccnc3)cc(F)c3c2CCC3)cc1CN(C)C.CCn1nc(S(N)(=O)=O)cc1CN(C)C.Nc1c(-c2cccnc2)cc(F)c2c1CCC2. The summed E-state index contributed by atoms with van der Waals surface area (Å²) in [4.78, 5) is 24.8. The number of amides is 2. The molecule has 0 bridgehead atoms. The van der Waals surface area contributed by atoms with Crippen LogP contribution in [0.3, 0.4) is 0 Å². The Morgan fingerprint density at radius 3 is 1.68 bits per heavy atom. The molecule has 0 radical (unpaired) electrons. The average Bonchev–Trinajstić information content (AvgIpc) is 4.11. The Morgan fingerprint density at radius 1 is 0.712 bits per heavy atom. The summed E-state index contributed by atoms with van der Waals surface area (Å²) >= 11 is 0. The molecule has 2 amide bonds. The Bertz CT molecular complexity index is 2910. The molecule has 21 heteroatoms. The number of aryl methyl sites for hydroxylation is 2. The lowest BCUT2D eigenvalue weighted by molar-refractivity contribution is 0.256. The number of aromatic nitrogens is 6. The number of halogens is 2. The molecule has 352 valence electrons. The number of pyridine rings is 2. The summed E-state index contributed by atoms with van der Waals surface area (Å²) in [6.45, 7) is 6.01. The maximum atomic E-state index is 14.8. The number of nitrogens with two attached hydrogens (primary N) is 2. The van der Waals surface area contributed by atoms with Gasteiger partial charge in [-0.25, -0.2) is 31.9 Å². The third kappa shape index (κ3) is 11.6. The van der Waals surface area contributed by atoms with Crippen LogP contribution in [0.15, 0.2) is 83.4 Å². The van der Waals surface area contributed by atoms with Crippen LogP contribution in [-0.4, -0.2) is 90.4 Å². The molecule has 2 aliphatic rings. The van der Waals surface area contributed by atoms with Gasteiger partial charge in [0.05, 0.1) is 17.1 Å². The molecule has 4 heterocycles. The summed E-state index contributed by atoms with van der Waals surface area (Å²) in [5, 5.41) is 15.4. The number of nitrogen functional groups attached to an aromatic ring is 1. The van der Waals surface area contributed by atoms with Gasteiger partial charge in [-0.2, -0.15) is 18.6 Å². The molecule has 8 rings (SSSR count). The van der Waals surface area contributed by atoms with E-state index >= 15 is 0 Å². The van der Waals surface area contributed by atoms with E-state index in [0.717, 1.165) is 53.6 Å². The number of hydrogen-bond donors (Lipinski definition) is 4. The van der Waals surface area contributed by atoms with Crippen LogP contribution in [0.5, 0.6) is 0 Å². The molecule has 0 saturated heterocycles. The predicted molar refractivity (Wildman–Crippen MR) is 249 cm³/mol. The summed E-state index contributed by atoms with van der Waals surface area (Å²) < 4.78 is 82.0. The van der Waals surface area contributed by atoms with E-state index in [1.165, 1.54) is 24.3 Å². The topological polar surface area (TPSA) is 229 Å². The average molecular weight is 947 g/mol. The standard InChI is InChI=1S/C23H27FN6O3S.C14H13FN2.C8H16N4O2S/c1-4-30-16(14-29(2)3)11-21(27-30)34(32,33)28-23(31)26-22-18-9-5-8-17(18)20(24)12-19(22)15-7-6-10-25-13-15;15-13-7-12(9-3-2-6-17-8-9)14(16)11-5-1-4-10(11)13;1-4-12-7(6-11(2)3)5-8(10-12)15(9,13)14/h6-7,10-13H,4-5,8-9,14H2,1-3H3,(H2,26,28,31);2-3,6-8H,1,4-5,16H2;5H,4,6H2,1-3H3,(H2,9,13,14). The van der Waals surface area contributed by atoms with Gasteiger partial charge in [0, 0.05) is 91.0 Å². The molecule has 66 heavy (non-hydrogen) atoms. The van der Waals surface area contributed by atoms with Gasteiger partial charge in [-0.3, -0.25) is 19.3 Å². The number of fused-ring (bicyclic) bond motifs is 2. The van der Waals surface area contributed by atoms with Crippen LogP contribution >= 0.6 is 0 Å². The number of urea groups is 1. The highest BCUT2D eigenvalue weighted by Gasteiger charge is 2.28. The maximum absolute atomic E-state index is 14.8. The van der Waals surface area contributed by atoms with Gasteiger partial charge >= 0.3 is 6.03 Å². The van der Waals surface area contributed by atoms with E-state index in [9.17, 15) is 30.4 Å². The quantitative estimate of drug-likeness (QED) is 0.108. The Kier molecular flexibility index (Phi) is 15.7. The van der Waals surface area contributed by atoms with Crippen molar-refractivity contribution < 1.29 is 30.4 Å². The van der Waals surface area contributed by atoms with E-state index in [0.29, 0.717) is 78.3 Å². The zero-order chi connectivity index (χ0) is 47.9. The molecule has 4 aromatic heterocycles. The summed E-state index contributed by atoms with van der Waals surface area (Å²) in [6.07, 6.45) is 11.1. The van der Waals surface area contributed by atoms with E-state index < -0.39 is 26.1 Å². The molecular weight excluding hydrogens is 891 g/mol. The third-order valence-electron chi connectivity index (χ3n) is 11.0. The van der Waals surface area contributed by atoms with Crippen LogP contribution in [0.2, 0.25) is 0 Å². The number of benzene rings is 2. The second-order valence-electron chi connectivity index (χ2n) is 16.4. The number of carbonyl (C=O) groups is 1. The van der Waals surface area contributed by atoms with Crippen molar-refractivity contribution in [3.8, 4) is 22.3 Å². The van der Waals surface area contributed by atoms with E-state index in [1.54, 1.807) is 46.3 Å². The third-order valence-corrected chi connectivity index (χ3v) is 12.9. The smallest absolute Gasteiger partial charge is 0.333 e. The highest BCUT2D eigenvalue weighted by atomic mass is 32.2. The molecular formula is C45H56F2N12O5S2. The largest absolute Gasteiger partial charge is 0.398 e. The normalized spacial score (nSPS) is 13.1. The van der Waals surface area contributed by atoms with Crippen LogP contribution in [0, 0.1) is 11.6 Å². The van der Waals surface area contributed by atoms with Crippen molar-refractivity contribution in [2.75, 3.05) is 39.2 Å². The Balaban J connectivity index is 0.000000186. The molecule has 0 unspecified atom stereocenters. The Labute approximate surface area is 384 Å². The van der Waals surface area contributed by atoms with Crippen molar-refractivity contribution in [2.24, 2.45) is 5.14 Å². The molecule has 0 fully saturated rings. The minimum absolute atomic E-state index is 0.0683. The number of hydrogen-bond acceptors (Lipinski definition) is 12. The number of anilines is 2. The Hall–Kier alpha value is -6.13. The lowest BCUT2D eigenvalue weighted by atomic mass is 9.97. The van der Waals surface area contributed by atoms with Crippen LogP contribution in [-0.2, 0) is 71.9 Å². The van der Waals surface area contributed by atoms with E-state index in [2.05, 4.69) is 25.5 Å². The molecule has 0 atom stereocenters. The molecule has 0 saturated carbocycles. The maximum Gasteiger partial charge on any atom is 0.333 e. The second-order valence-corrected chi connectivity index (χ2v) is 19.5. The molecule has 6 aromatic rings. The Morgan fingerprint density at radius 2 is 1.18 bits per heavy atom. The van der Waals surface area contributed by atoms with Crippen molar-refractivity contribution in [1.82, 2.24) is 44.1 Å². The molecule has 0 aliphatic heterocycles. The van der Waals surface area contributed by atoms with Crippen LogP contribution in [0.1, 0.15) is 60.3 Å². The fraction of sp³-hybridized carbons (Fsp3) is 0.356. The second kappa shape index (κ2) is 21.0. The van der Waals surface area contributed by atoms with Gasteiger partial charge < -0.3 is 20.9 Å². The van der Waals surface area contributed by atoms with Gasteiger partial charge in [0.2, 0.25) is 0 Å². The van der Waals surface area contributed by atoms with Gasteiger partial charge in [0.25, 0.3) is 20.0 Å². The van der Waals surface area contributed by atoms with Gasteiger partial charge in [-0.15, -0.1) is 0 Å². The summed E-state index contributed by atoms with van der Waals surface area (Å²) in [6, 6.07) is 12.1. The number of nitrogens with one attached hydrogen (secondary N) is 2. The lowest BCUT2D eigenvalue weighted by Gasteiger charge is -2.17. The first-order chi connectivity index (χ1) is 31.3. The first-order valence-corrected chi connectivity index (χ1v) is 24.4. The highest BCUT2D eigenvalue weighted by molar-refractivity contribution is 7.90. The van der Waals surface area contributed by atoms with E-state index in [4.69, 9.17) is 10.9 Å². The molecule has 2 aliphatic carbocycles. The van der Waals surface area contributed by atoms with Gasteiger partial charge in [-0.1, -0.05) is 12.1 Å². The van der Waals surface area contributed by atoms with E-state index in [-0.39, 0.29) is 21.7 Å². The fourth-order valence-electron chi connectivity index (χ4n) is 8.04. The molecule has 6 N–H and O–H groups in total. The monoisotopic (exact) mass is 946 g/mol. The molecule has 17 nitrogen and oxygen atoms in total. The van der Waals surface area contributed by atoms with Crippen molar-refractivity contribution in [2.45, 2.75) is 88.6 Å². The lowest BCUT2D eigenvalue weighted by Crippen LogP contribution is -2.35. The number of primary sulfonamides is 1. The van der Waals surface area contributed by atoms with Crippen LogP contribution in [0.25, 0.3) is 22.3 Å². The molecule has 0 spiro atoms. The minimum atomic E-state index is -4.23. The summed E-state index contributed by atoms with van der Waals surface area (Å²) in [5.74, 6) is -0.478. The first-order valence-electron chi connectivity index (χ1n) is 21.3. The van der Waals surface area contributed by atoms with Crippen LogP contribution in [0.4, 0.5) is 25.0 Å². The van der Waals surface area contributed by atoms with Crippen molar-refractivity contribution in [3.63, 3.8) is 0 Å². The summed E-state index contributed by atoms with van der Waals surface area (Å²) in [5.41, 5.74) is 14.5. The van der Waals surface area contributed by atoms with Crippen molar-refractivity contribution in [1.29, 1.82) is 0 Å². The minimum Gasteiger partial charge on any atom is -0.398 e. The van der Waals surface area contributed by atoms with Gasteiger partial charge in [0.15, 0.2) is 10.1 Å². The predicted octanol–water partition coefficient (Wildman–Crippen LogP) is 5.74. The number of sulfonamides is 2. The molecule has 2 aromatic carbocycles.